The van der Waals surface area contributed by atoms with Gasteiger partial charge in [-0.15, -0.1) is 0 Å². The van der Waals surface area contributed by atoms with Gasteiger partial charge < -0.3 is 10.1 Å². The Hall–Kier alpha value is -2.60. The number of alkyl carbamates (subject to hydrolysis) is 1. The Balaban J connectivity index is 2.36. The molecule has 0 aliphatic rings. The summed E-state index contributed by atoms with van der Waals surface area (Å²) in [5.74, 6) is 0.634. The van der Waals surface area contributed by atoms with E-state index in [4.69, 9.17) is 21.3 Å². The third-order valence-electron chi connectivity index (χ3n) is 5.30. The van der Waals surface area contributed by atoms with Crippen molar-refractivity contribution in [3.05, 3.63) is 51.1 Å². The van der Waals surface area contributed by atoms with Gasteiger partial charge in [-0.05, 0) is 69.9 Å². The van der Waals surface area contributed by atoms with E-state index >= 15 is 0 Å². The normalized spacial score (nSPS) is 12.3. The van der Waals surface area contributed by atoms with Crippen LogP contribution in [0.15, 0.2) is 12.1 Å². The molecular weight excluding hydrogens is 388 g/mol. The van der Waals surface area contributed by atoms with Crippen LogP contribution in [-0.4, -0.2) is 27.7 Å². The van der Waals surface area contributed by atoms with Crippen LogP contribution < -0.4 is 5.32 Å². The maximum absolute atomic E-state index is 11.9. The van der Waals surface area contributed by atoms with Gasteiger partial charge in [-0.1, -0.05) is 18.5 Å². The number of aromatic nitrogens is 3. The monoisotopic (exact) mass is 414 g/mol. The highest BCUT2D eigenvalue weighted by atomic mass is 35.5. The number of hydrogen-bond acceptors (Lipinski definition) is 4. The van der Waals surface area contributed by atoms with Gasteiger partial charge in [-0.2, -0.15) is 0 Å². The lowest BCUT2D eigenvalue weighted by molar-refractivity contribution is 0.0954. The summed E-state index contributed by atoms with van der Waals surface area (Å²) in [6, 6.07) is 3.92. The van der Waals surface area contributed by atoms with E-state index < -0.39 is 12.2 Å². The second-order valence-corrected chi connectivity index (χ2v) is 7.78. The molecule has 2 aromatic heterocycles. The van der Waals surface area contributed by atoms with Crippen molar-refractivity contribution in [2.45, 2.75) is 54.1 Å². The number of carbonyl (C=O) groups excluding carboxylic acids is 1. The third-order valence-corrected chi connectivity index (χ3v) is 5.52. The number of ether oxygens (including phenoxy) is 1. The number of amides is 1. The van der Waals surface area contributed by atoms with Gasteiger partial charge in [0.25, 0.3) is 0 Å². The van der Waals surface area contributed by atoms with Gasteiger partial charge in [-0.3, -0.25) is 4.57 Å². The zero-order valence-corrected chi connectivity index (χ0v) is 18.7. The number of halogens is 1. The van der Waals surface area contributed by atoms with Crippen LogP contribution in [0.3, 0.4) is 0 Å². The summed E-state index contributed by atoms with van der Waals surface area (Å²) in [6.45, 7) is 12.1. The predicted octanol–water partition coefficient (Wildman–Crippen LogP) is 5.42. The fraction of sp³-hybridized carbons (Fsp3) is 0.409. The average molecular weight is 415 g/mol. The van der Waals surface area contributed by atoms with Crippen molar-refractivity contribution in [3.63, 3.8) is 0 Å². The quantitative estimate of drug-likeness (QED) is 0.618. The molecule has 1 atom stereocenters. The second kappa shape index (κ2) is 8.03. The first-order valence-electron chi connectivity index (χ1n) is 9.71. The molecule has 3 rings (SSSR count). The number of benzene rings is 1. The maximum Gasteiger partial charge on any atom is 0.407 e. The molecule has 1 aromatic carbocycles. The number of rotatable bonds is 4. The summed E-state index contributed by atoms with van der Waals surface area (Å²) in [5.41, 5.74) is 6.90. The summed E-state index contributed by atoms with van der Waals surface area (Å²) in [5, 5.41) is 4.16. The molecule has 1 unspecified atom stereocenters. The molecule has 0 spiro atoms. The van der Waals surface area contributed by atoms with Gasteiger partial charge in [0.1, 0.15) is 17.6 Å². The lowest BCUT2D eigenvalue weighted by Gasteiger charge is -2.18. The van der Waals surface area contributed by atoms with Crippen LogP contribution in [0.2, 0.25) is 5.02 Å². The molecule has 6 nitrogen and oxygen atoms in total. The standard InChI is InChI=1S/C22H27ClN4O2/c1-8-17(29-22(28)24-7)19-18-13(4)14(5)27(21(18)26-15(6)25-19)20-11(2)9-16(23)10-12(20)3/h9-10,17H,8H2,1-7H3,(H,24,28). The first kappa shape index (κ1) is 21.1. The Bertz CT molecular complexity index is 1080. The number of nitrogens with one attached hydrogen (secondary N) is 1. The summed E-state index contributed by atoms with van der Waals surface area (Å²) in [4.78, 5) is 21.3. The molecule has 0 saturated carbocycles. The molecule has 0 fully saturated rings. The molecule has 3 aromatic rings. The highest BCUT2D eigenvalue weighted by molar-refractivity contribution is 6.30. The van der Waals surface area contributed by atoms with Crippen LogP contribution in [0.5, 0.6) is 0 Å². The van der Waals surface area contributed by atoms with E-state index in [1.165, 1.54) is 0 Å². The molecule has 1 N–H and O–H groups in total. The number of nitrogens with zero attached hydrogens (tertiary/aromatic N) is 3. The minimum absolute atomic E-state index is 0.458. The van der Waals surface area contributed by atoms with Crippen molar-refractivity contribution in [2.75, 3.05) is 7.05 Å². The van der Waals surface area contributed by atoms with E-state index in [1.54, 1.807) is 7.05 Å². The topological polar surface area (TPSA) is 69.0 Å². The Morgan fingerprint density at radius 2 is 1.79 bits per heavy atom. The Morgan fingerprint density at radius 1 is 1.17 bits per heavy atom. The minimum Gasteiger partial charge on any atom is -0.440 e. The van der Waals surface area contributed by atoms with E-state index in [0.29, 0.717) is 17.3 Å². The van der Waals surface area contributed by atoms with Crippen LogP contribution in [0, 0.1) is 34.6 Å². The second-order valence-electron chi connectivity index (χ2n) is 7.34. The molecule has 0 saturated heterocycles. The van der Waals surface area contributed by atoms with E-state index in [-0.39, 0.29) is 0 Å². The summed E-state index contributed by atoms with van der Waals surface area (Å²) < 4.78 is 7.77. The lowest BCUT2D eigenvalue weighted by Crippen LogP contribution is -2.22. The van der Waals surface area contributed by atoms with Crippen molar-refractivity contribution < 1.29 is 9.53 Å². The van der Waals surface area contributed by atoms with Crippen LogP contribution in [-0.2, 0) is 4.74 Å². The lowest BCUT2D eigenvalue weighted by atomic mass is 10.1. The zero-order chi connectivity index (χ0) is 21.5. The minimum atomic E-state index is -0.473. The van der Waals surface area contributed by atoms with Crippen molar-refractivity contribution in [1.82, 2.24) is 19.9 Å². The number of aryl methyl sites for hydroxylation is 4. The first-order chi connectivity index (χ1) is 13.7. The van der Waals surface area contributed by atoms with Gasteiger partial charge in [0.05, 0.1) is 11.4 Å². The third kappa shape index (κ3) is 3.69. The van der Waals surface area contributed by atoms with Gasteiger partial charge in [0, 0.05) is 23.2 Å². The van der Waals surface area contributed by atoms with Gasteiger partial charge in [-0.25, -0.2) is 14.8 Å². The molecule has 0 aliphatic heterocycles. The number of fused-ring (bicyclic) bond motifs is 1. The highest BCUT2D eigenvalue weighted by Gasteiger charge is 2.26. The molecule has 1 amide bonds. The highest BCUT2D eigenvalue weighted by Crippen LogP contribution is 2.36. The zero-order valence-electron chi connectivity index (χ0n) is 18.0. The molecule has 29 heavy (non-hydrogen) atoms. The van der Waals surface area contributed by atoms with Gasteiger partial charge in [0.2, 0.25) is 0 Å². The number of hydrogen-bond donors (Lipinski definition) is 1. The van der Waals surface area contributed by atoms with Crippen LogP contribution >= 0.6 is 11.6 Å². The molecule has 0 radical (unpaired) electrons. The first-order valence-corrected chi connectivity index (χ1v) is 10.1. The largest absolute Gasteiger partial charge is 0.440 e. The Labute approximate surface area is 176 Å². The predicted molar refractivity (Wildman–Crippen MR) is 116 cm³/mol. The summed E-state index contributed by atoms with van der Waals surface area (Å²) in [7, 11) is 1.55. The molecule has 0 bridgehead atoms. The average Bonchev–Trinajstić information content (AvgIpc) is 2.89. The van der Waals surface area contributed by atoms with Crippen LogP contribution in [0.1, 0.15) is 53.4 Å². The van der Waals surface area contributed by atoms with Crippen molar-refractivity contribution >= 4 is 28.7 Å². The summed E-state index contributed by atoms with van der Waals surface area (Å²) in [6.07, 6.45) is -0.318. The Kier molecular flexibility index (Phi) is 5.85. The Morgan fingerprint density at radius 3 is 2.34 bits per heavy atom. The van der Waals surface area contributed by atoms with E-state index in [2.05, 4.69) is 28.7 Å². The van der Waals surface area contributed by atoms with E-state index in [1.807, 2.05) is 39.8 Å². The van der Waals surface area contributed by atoms with Crippen molar-refractivity contribution in [2.24, 2.45) is 0 Å². The maximum atomic E-state index is 11.9. The number of carbonyl (C=O) groups is 1. The molecule has 0 aliphatic carbocycles. The smallest absolute Gasteiger partial charge is 0.407 e. The molecule has 7 heteroatoms. The fourth-order valence-corrected chi connectivity index (χ4v) is 4.22. The van der Waals surface area contributed by atoms with Crippen LogP contribution in [0.4, 0.5) is 4.79 Å². The fourth-order valence-electron chi connectivity index (χ4n) is 3.89. The SMILES string of the molecule is CCC(OC(=O)NC)c1nc(C)nc2c1c(C)c(C)n2-c1c(C)cc(Cl)cc1C. The molecule has 154 valence electrons. The summed E-state index contributed by atoms with van der Waals surface area (Å²) >= 11 is 6.26. The van der Waals surface area contributed by atoms with Crippen molar-refractivity contribution in [1.29, 1.82) is 0 Å². The molecular formula is C22H27ClN4O2. The van der Waals surface area contributed by atoms with E-state index in [0.717, 1.165) is 44.8 Å². The van der Waals surface area contributed by atoms with Gasteiger partial charge in [0.15, 0.2) is 0 Å². The van der Waals surface area contributed by atoms with Crippen molar-refractivity contribution in [3.8, 4) is 5.69 Å². The van der Waals surface area contributed by atoms with E-state index in [9.17, 15) is 4.79 Å². The van der Waals surface area contributed by atoms with Crippen LogP contribution in [0.25, 0.3) is 16.7 Å². The molecule has 2 heterocycles. The van der Waals surface area contributed by atoms with Gasteiger partial charge >= 0.3 is 6.09 Å².